The van der Waals surface area contributed by atoms with E-state index in [1.54, 1.807) is 0 Å². The highest BCUT2D eigenvalue weighted by atomic mass is 14.9. The Labute approximate surface area is 210 Å². The molecule has 0 saturated heterocycles. The van der Waals surface area contributed by atoms with Crippen LogP contribution in [0.1, 0.15) is 168 Å². The minimum absolute atomic E-state index is 0.757. The maximum atomic E-state index is 3.57. The summed E-state index contributed by atoms with van der Waals surface area (Å²) in [5.74, 6) is 0. The van der Waals surface area contributed by atoms with Gasteiger partial charge in [0.25, 0.3) is 0 Å². The van der Waals surface area contributed by atoms with Gasteiger partial charge in [0.1, 0.15) is 0 Å². The second kappa shape index (κ2) is 29.5. The Kier molecular flexibility index (Phi) is 29.0. The molecule has 196 valence electrons. The number of nitrogens with one attached hydrogen (secondary N) is 1. The molecular weight excluding hydrogens is 398 g/mol. The van der Waals surface area contributed by atoms with E-state index in [1.165, 1.54) is 148 Å². The molecule has 0 heterocycles. The number of allylic oxidation sites excluding steroid dienone is 4. The SMILES string of the molecule is CCCCCC=CCC=CCCCCCCCCCC(CCCCCCCCCCC)NC. The Morgan fingerprint density at radius 3 is 1.27 bits per heavy atom. The van der Waals surface area contributed by atoms with Gasteiger partial charge in [-0.15, -0.1) is 0 Å². The monoisotopic (exact) mass is 461 g/mol. The van der Waals surface area contributed by atoms with Crippen molar-refractivity contribution in [1.29, 1.82) is 0 Å². The zero-order valence-corrected chi connectivity index (χ0v) is 23.4. The lowest BCUT2D eigenvalue weighted by atomic mass is 10.00. The Bertz CT molecular complexity index is 397. The van der Waals surface area contributed by atoms with Gasteiger partial charge < -0.3 is 5.32 Å². The highest BCUT2D eigenvalue weighted by Gasteiger charge is 2.05. The number of unbranched alkanes of at least 4 members (excludes halogenated alkanes) is 18. The molecule has 0 aliphatic heterocycles. The first-order chi connectivity index (χ1) is 16.3. The van der Waals surface area contributed by atoms with Crippen LogP contribution in [0, 0.1) is 0 Å². The van der Waals surface area contributed by atoms with Gasteiger partial charge in [-0.3, -0.25) is 0 Å². The lowest BCUT2D eigenvalue weighted by Crippen LogP contribution is -2.24. The van der Waals surface area contributed by atoms with Crippen molar-refractivity contribution >= 4 is 0 Å². The molecule has 1 atom stereocenters. The van der Waals surface area contributed by atoms with Crippen LogP contribution in [0.15, 0.2) is 24.3 Å². The van der Waals surface area contributed by atoms with Crippen molar-refractivity contribution in [2.75, 3.05) is 7.05 Å². The van der Waals surface area contributed by atoms with Crippen LogP contribution in [0.25, 0.3) is 0 Å². The van der Waals surface area contributed by atoms with Gasteiger partial charge in [-0.25, -0.2) is 0 Å². The van der Waals surface area contributed by atoms with Crippen LogP contribution >= 0.6 is 0 Å². The Morgan fingerprint density at radius 2 is 0.818 bits per heavy atom. The quantitative estimate of drug-likeness (QED) is 0.0947. The Morgan fingerprint density at radius 1 is 0.455 bits per heavy atom. The summed E-state index contributed by atoms with van der Waals surface area (Å²) >= 11 is 0. The maximum Gasteiger partial charge on any atom is 0.00640 e. The lowest BCUT2D eigenvalue weighted by Gasteiger charge is -2.16. The van der Waals surface area contributed by atoms with E-state index in [1.807, 2.05) is 0 Å². The van der Waals surface area contributed by atoms with Gasteiger partial charge in [0.15, 0.2) is 0 Å². The third-order valence-electron chi connectivity index (χ3n) is 7.07. The number of rotatable bonds is 27. The van der Waals surface area contributed by atoms with Gasteiger partial charge in [-0.05, 0) is 52.0 Å². The van der Waals surface area contributed by atoms with E-state index in [0.29, 0.717) is 0 Å². The van der Waals surface area contributed by atoms with E-state index in [2.05, 4.69) is 50.5 Å². The first-order valence-electron chi connectivity index (χ1n) is 15.3. The van der Waals surface area contributed by atoms with E-state index in [-0.39, 0.29) is 0 Å². The third kappa shape index (κ3) is 27.6. The summed E-state index contributed by atoms with van der Waals surface area (Å²) in [6.45, 7) is 4.57. The summed E-state index contributed by atoms with van der Waals surface area (Å²) in [6.07, 6.45) is 42.8. The normalized spacial score (nSPS) is 12.9. The van der Waals surface area contributed by atoms with Gasteiger partial charge in [-0.2, -0.15) is 0 Å². The van der Waals surface area contributed by atoms with Gasteiger partial charge in [0, 0.05) is 6.04 Å². The maximum absolute atomic E-state index is 3.57. The largest absolute Gasteiger partial charge is 0.317 e. The van der Waals surface area contributed by atoms with Gasteiger partial charge in [-0.1, -0.05) is 147 Å². The molecule has 0 rings (SSSR count). The molecule has 0 amide bonds. The van der Waals surface area contributed by atoms with Crippen LogP contribution in [0.2, 0.25) is 0 Å². The average Bonchev–Trinajstić information content (AvgIpc) is 2.83. The molecule has 1 heteroatoms. The highest BCUT2D eigenvalue weighted by Crippen LogP contribution is 2.15. The van der Waals surface area contributed by atoms with Crippen molar-refractivity contribution < 1.29 is 0 Å². The zero-order chi connectivity index (χ0) is 24.1. The van der Waals surface area contributed by atoms with E-state index < -0.39 is 0 Å². The summed E-state index contributed by atoms with van der Waals surface area (Å²) in [6, 6.07) is 0.757. The smallest absolute Gasteiger partial charge is 0.00640 e. The fraction of sp³-hybridized carbons (Fsp3) is 0.875. The summed E-state index contributed by atoms with van der Waals surface area (Å²) in [5, 5.41) is 3.57. The molecule has 33 heavy (non-hydrogen) atoms. The van der Waals surface area contributed by atoms with Crippen LogP contribution in [-0.4, -0.2) is 13.1 Å². The second-order valence-corrected chi connectivity index (χ2v) is 10.3. The molecule has 0 spiro atoms. The van der Waals surface area contributed by atoms with Crippen LogP contribution < -0.4 is 5.32 Å². The van der Waals surface area contributed by atoms with Crippen molar-refractivity contribution in [3.05, 3.63) is 24.3 Å². The first kappa shape index (κ1) is 32.4. The van der Waals surface area contributed by atoms with Gasteiger partial charge in [0.2, 0.25) is 0 Å². The number of hydrogen-bond donors (Lipinski definition) is 1. The zero-order valence-electron chi connectivity index (χ0n) is 23.4. The minimum Gasteiger partial charge on any atom is -0.317 e. The molecule has 0 aromatic heterocycles. The predicted molar refractivity (Wildman–Crippen MR) is 153 cm³/mol. The van der Waals surface area contributed by atoms with Crippen molar-refractivity contribution in [2.24, 2.45) is 0 Å². The fourth-order valence-corrected chi connectivity index (χ4v) is 4.69. The third-order valence-corrected chi connectivity index (χ3v) is 7.07. The van der Waals surface area contributed by atoms with E-state index in [4.69, 9.17) is 0 Å². The molecule has 0 aliphatic rings. The molecule has 0 radical (unpaired) electrons. The molecular formula is C32H63N. The molecule has 0 aromatic rings. The topological polar surface area (TPSA) is 12.0 Å². The molecule has 1 nitrogen and oxygen atoms in total. The Hall–Kier alpha value is -0.560. The van der Waals surface area contributed by atoms with Crippen molar-refractivity contribution in [3.63, 3.8) is 0 Å². The standard InChI is InChI=1S/C32H63N/c1-4-6-8-10-12-14-15-16-17-18-19-20-21-23-25-27-29-31-32(33-3)30-28-26-24-22-13-11-9-7-5-2/h12,14,16-17,32-33H,4-11,13,15,18-31H2,1-3H3. The molecule has 0 aliphatic carbocycles. The predicted octanol–water partition coefficient (Wildman–Crippen LogP) is 11.1. The number of hydrogen-bond acceptors (Lipinski definition) is 1. The molecule has 0 saturated carbocycles. The lowest BCUT2D eigenvalue weighted by molar-refractivity contribution is 0.434. The summed E-state index contributed by atoms with van der Waals surface area (Å²) < 4.78 is 0. The molecule has 0 aromatic carbocycles. The summed E-state index contributed by atoms with van der Waals surface area (Å²) in [7, 11) is 2.16. The van der Waals surface area contributed by atoms with E-state index in [0.717, 1.165) is 12.5 Å². The van der Waals surface area contributed by atoms with Gasteiger partial charge >= 0.3 is 0 Å². The minimum atomic E-state index is 0.757. The second-order valence-electron chi connectivity index (χ2n) is 10.3. The summed E-state index contributed by atoms with van der Waals surface area (Å²) in [5.41, 5.74) is 0. The van der Waals surface area contributed by atoms with Crippen LogP contribution in [-0.2, 0) is 0 Å². The van der Waals surface area contributed by atoms with Crippen molar-refractivity contribution in [1.82, 2.24) is 5.32 Å². The van der Waals surface area contributed by atoms with Crippen LogP contribution in [0.4, 0.5) is 0 Å². The molecule has 0 fully saturated rings. The first-order valence-corrected chi connectivity index (χ1v) is 15.3. The average molecular weight is 462 g/mol. The van der Waals surface area contributed by atoms with Crippen molar-refractivity contribution in [2.45, 2.75) is 174 Å². The van der Waals surface area contributed by atoms with Gasteiger partial charge in [0.05, 0.1) is 0 Å². The van der Waals surface area contributed by atoms with Crippen LogP contribution in [0.5, 0.6) is 0 Å². The summed E-state index contributed by atoms with van der Waals surface area (Å²) in [4.78, 5) is 0. The molecule has 1 unspecified atom stereocenters. The van der Waals surface area contributed by atoms with E-state index >= 15 is 0 Å². The molecule has 1 N–H and O–H groups in total. The van der Waals surface area contributed by atoms with E-state index in [9.17, 15) is 0 Å². The Balaban J connectivity index is 3.34. The highest BCUT2D eigenvalue weighted by molar-refractivity contribution is 4.92. The van der Waals surface area contributed by atoms with Crippen LogP contribution in [0.3, 0.4) is 0 Å². The fourth-order valence-electron chi connectivity index (χ4n) is 4.69. The van der Waals surface area contributed by atoms with Crippen molar-refractivity contribution in [3.8, 4) is 0 Å². The molecule has 0 bridgehead atoms.